The molecule has 0 amide bonds. The molecule has 0 fully saturated rings. The minimum Gasteiger partial charge on any atom is -0.388 e. The summed E-state index contributed by atoms with van der Waals surface area (Å²) < 4.78 is 12.4. The lowest BCUT2D eigenvalue weighted by Gasteiger charge is -2.06. The molecule has 0 aromatic carbocycles. The van der Waals surface area contributed by atoms with Gasteiger partial charge in [0.15, 0.2) is 0 Å². The average Bonchev–Trinajstić information content (AvgIpc) is 2.15. The Balaban J connectivity index is 4.78. The Bertz CT molecular complexity index is 272. The maximum Gasteiger partial charge on any atom is 0.116 e. The zero-order valence-corrected chi connectivity index (χ0v) is 9.10. The summed E-state index contributed by atoms with van der Waals surface area (Å²) >= 11 is 0. The van der Waals surface area contributed by atoms with Gasteiger partial charge < -0.3 is 5.32 Å². The molecule has 14 heavy (non-hydrogen) atoms. The Morgan fingerprint density at radius 1 is 1.43 bits per heavy atom. The summed E-state index contributed by atoms with van der Waals surface area (Å²) in [5.41, 5.74) is 1.97. The molecule has 0 aromatic rings. The molecule has 0 radical (unpaired) electrons. The molecule has 1 nitrogen and oxygen atoms in total. The first-order valence-corrected chi connectivity index (χ1v) is 4.72. The molecule has 0 atom stereocenters. The molecule has 0 spiro atoms. The molecule has 1 N–H and O–H groups in total. The largest absolute Gasteiger partial charge is 0.388 e. The van der Waals surface area contributed by atoms with Gasteiger partial charge in [-0.15, -0.1) is 0 Å². The highest BCUT2D eigenvalue weighted by Crippen LogP contribution is 2.10. The number of allylic oxidation sites excluding steroid dienone is 5. The standard InChI is InChI=1S/C12H18FN/c1-5-7-11(9-8-10(3)13)12(6-2)14-4/h6-9,14H,3,5H2,1-2,4H3/b9-8-,11-7+,12-6-. The topological polar surface area (TPSA) is 12.0 Å². The third-order valence-corrected chi connectivity index (χ3v) is 1.74. The summed E-state index contributed by atoms with van der Waals surface area (Å²) in [6, 6.07) is 0. The van der Waals surface area contributed by atoms with Gasteiger partial charge in [0.1, 0.15) is 5.83 Å². The second kappa shape index (κ2) is 7.13. The van der Waals surface area contributed by atoms with E-state index in [1.807, 2.05) is 33.0 Å². The molecule has 0 aliphatic carbocycles. The van der Waals surface area contributed by atoms with Gasteiger partial charge in [-0.05, 0) is 25.0 Å². The number of nitrogens with one attached hydrogen (secondary N) is 1. The smallest absolute Gasteiger partial charge is 0.116 e. The van der Waals surface area contributed by atoms with E-state index >= 15 is 0 Å². The van der Waals surface area contributed by atoms with E-state index in [-0.39, 0.29) is 0 Å². The summed E-state index contributed by atoms with van der Waals surface area (Å²) in [7, 11) is 1.84. The molecule has 78 valence electrons. The number of halogens is 1. The van der Waals surface area contributed by atoms with Gasteiger partial charge in [-0.25, -0.2) is 4.39 Å². The van der Waals surface area contributed by atoms with Gasteiger partial charge in [0.05, 0.1) is 0 Å². The summed E-state index contributed by atoms with van der Waals surface area (Å²) in [6.07, 6.45) is 7.98. The number of hydrogen-bond donors (Lipinski definition) is 1. The number of hydrogen-bond acceptors (Lipinski definition) is 1. The predicted octanol–water partition coefficient (Wildman–Crippen LogP) is 3.49. The van der Waals surface area contributed by atoms with Crippen LogP contribution in [0, 0.1) is 0 Å². The van der Waals surface area contributed by atoms with Crippen LogP contribution in [0.25, 0.3) is 0 Å². The molecule has 0 unspecified atom stereocenters. The molecule has 0 saturated carbocycles. The summed E-state index contributed by atoms with van der Waals surface area (Å²) in [4.78, 5) is 0. The van der Waals surface area contributed by atoms with Crippen molar-refractivity contribution in [3.05, 3.63) is 48.0 Å². The van der Waals surface area contributed by atoms with Crippen LogP contribution in [0.3, 0.4) is 0 Å². The Morgan fingerprint density at radius 3 is 2.43 bits per heavy atom. The van der Waals surface area contributed by atoms with Gasteiger partial charge in [-0.1, -0.05) is 31.7 Å². The first-order valence-electron chi connectivity index (χ1n) is 4.72. The molecule has 0 aliphatic rings. The number of rotatable bonds is 5. The molecular formula is C12H18FN. The van der Waals surface area contributed by atoms with E-state index in [1.54, 1.807) is 6.08 Å². The Hall–Kier alpha value is -1.31. The second-order valence-corrected chi connectivity index (χ2v) is 2.80. The molecule has 0 aromatic heterocycles. The molecule has 0 aliphatic heterocycles. The van der Waals surface area contributed by atoms with Crippen LogP contribution in [0.2, 0.25) is 0 Å². The lowest BCUT2D eigenvalue weighted by atomic mass is 10.1. The maximum atomic E-state index is 12.4. The van der Waals surface area contributed by atoms with Crippen molar-refractivity contribution in [1.82, 2.24) is 5.32 Å². The fourth-order valence-electron chi connectivity index (χ4n) is 1.12. The predicted molar refractivity (Wildman–Crippen MR) is 60.6 cm³/mol. The Morgan fingerprint density at radius 2 is 2.07 bits per heavy atom. The number of likely N-dealkylation sites (N-methyl/N-ethyl adjacent to an activating group) is 1. The lowest BCUT2D eigenvalue weighted by molar-refractivity contribution is 0.671. The van der Waals surface area contributed by atoms with Gasteiger partial charge in [-0.2, -0.15) is 0 Å². The van der Waals surface area contributed by atoms with Crippen LogP contribution < -0.4 is 5.32 Å². The molecule has 0 heterocycles. The van der Waals surface area contributed by atoms with Crippen molar-refractivity contribution in [2.24, 2.45) is 0 Å². The van der Waals surface area contributed by atoms with Crippen molar-refractivity contribution in [3.63, 3.8) is 0 Å². The van der Waals surface area contributed by atoms with Crippen LogP contribution >= 0.6 is 0 Å². The van der Waals surface area contributed by atoms with E-state index in [0.29, 0.717) is 0 Å². The van der Waals surface area contributed by atoms with E-state index in [4.69, 9.17) is 0 Å². The van der Waals surface area contributed by atoms with Crippen LogP contribution in [-0.2, 0) is 0 Å². The minimum absolute atomic E-state index is 0.432. The van der Waals surface area contributed by atoms with Crippen molar-refractivity contribution in [2.45, 2.75) is 20.3 Å². The summed E-state index contributed by atoms with van der Waals surface area (Å²) in [6.45, 7) is 7.16. The van der Waals surface area contributed by atoms with Crippen LogP contribution in [0.4, 0.5) is 4.39 Å². The van der Waals surface area contributed by atoms with Crippen molar-refractivity contribution in [3.8, 4) is 0 Å². The maximum absolute atomic E-state index is 12.4. The quantitative estimate of drug-likeness (QED) is 0.662. The van der Waals surface area contributed by atoms with Gasteiger partial charge in [0.25, 0.3) is 0 Å². The zero-order valence-electron chi connectivity index (χ0n) is 9.10. The fraction of sp³-hybridized carbons (Fsp3) is 0.333. The van der Waals surface area contributed by atoms with Crippen LogP contribution in [0.5, 0.6) is 0 Å². The van der Waals surface area contributed by atoms with Crippen molar-refractivity contribution >= 4 is 0 Å². The minimum atomic E-state index is -0.432. The normalized spacial score (nSPS) is 13.4. The van der Waals surface area contributed by atoms with Gasteiger partial charge in [0.2, 0.25) is 0 Å². The molecule has 0 saturated heterocycles. The van der Waals surface area contributed by atoms with E-state index in [2.05, 4.69) is 11.9 Å². The molecule has 0 bridgehead atoms. The van der Waals surface area contributed by atoms with Crippen LogP contribution in [0.15, 0.2) is 48.0 Å². The SMILES string of the molecule is C=C(F)\C=C/C(=C\CC)C(=C/C)/NC. The zero-order chi connectivity index (χ0) is 11.0. The van der Waals surface area contributed by atoms with E-state index in [9.17, 15) is 4.39 Å². The van der Waals surface area contributed by atoms with Gasteiger partial charge >= 0.3 is 0 Å². The highest BCUT2D eigenvalue weighted by atomic mass is 19.1. The second-order valence-electron chi connectivity index (χ2n) is 2.80. The van der Waals surface area contributed by atoms with Gasteiger partial charge in [-0.3, -0.25) is 0 Å². The van der Waals surface area contributed by atoms with Crippen molar-refractivity contribution < 1.29 is 4.39 Å². The van der Waals surface area contributed by atoms with E-state index in [1.165, 1.54) is 6.08 Å². The third-order valence-electron chi connectivity index (χ3n) is 1.74. The molecule has 2 heteroatoms. The highest BCUT2D eigenvalue weighted by Gasteiger charge is 1.96. The highest BCUT2D eigenvalue weighted by molar-refractivity contribution is 5.39. The van der Waals surface area contributed by atoms with Gasteiger partial charge in [0, 0.05) is 12.7 Å². The van der Waals surface area contributed by atoms with Crippen molar-refractivity contribution in [2.75, 3.05) is 7.05 Å². The summed E-state index contributed by atoms with van der Waals surface area (Å²) in [5, 5.41) is 3.05. The first kappa shape index (κ1) is 12.7. The lowest BCUT2D eigenvalue weighted by Crippen LogP contribution is -2.06. The van der Waals surface area contributed by atoms with E-state index in [0.717, 1.165) is 17.7 Å². The van der Waals surface area contributed by atoms with Crippen LogP contribution in [0.1, 0.15) is 20.3 Å². The average molecular weight is 195 g/mol. The first-order chi connectivity index (χ1) is 6.65. The summed E-state index contributed by atoms with van der Waals surface area (Å²) in [5.74, 6) is -0.432. The fourth-order valence-corrected chi connectivity index (χ4v) is 1.12. The molecular weight excluding hydrogens is 177 g/mol. The third kappa shape index (κ3) is 4.65. The van der Waals surface area contributed by atoms with Crippen molar-refractivity contribution in [1.29, 1.82) is 0 Å². The monoisotopic (exact) mass is 195 g/mol. The Kier molecular flexibility index (Phi) is 6.46. The molecule has 0 rings (SSSR count). The van der Waals surface area contributed by atoms with E-state index < -0.39 is 5.83 Å². The Labute approximate surface area is 85.7 Å². The van der Waals surface area contributed by atoms with Crippen LogP contribution in [-0.4, -0.2) is 7.05 Å².